The van der Waals surface area contributed by atoms with Gasteiger partial charge in [-0.25, -0.2) is 4.79 Å². The van der Waals surface area contributed by atoms with E-state index in [9.17, 15) is 14.4 Å². The molecule has 1 aromatic carbocycles. The molecule has 2 atom stereocenters. The Morgan fingerprint density at radius 1 is 1.05 bits per heavy atom. The lowest BCUT2D eigenvalue weighted by Crippen LogP contribution is -2.29. The molecule has 1 unspecified atom stereocenters. The zero-order valence-corrected chi connectivity index (χ0v) is 11.5. The molecule has 1 N–H and O–H groups in total. The highest BCUT2D eigenvalue weighted by molar-refractivity contribution is 5.95. The molecule has 0 heterocycles. The molecule has 0 bridgehead atoms. The number of carboxylic acid groups (broad SMARTS) is 1. The van der Waals surface area contributed by atoms with Gasteiger partial charge in [-0.05, 0) is 17.7 Å². The molecule has 0 aliphatic carbocycles. The highest BCUT2D eigenvalue weighted by Crippen LogP contribution is 2.26. The number of aliphatic carboxylic acids is 1. The summed E-state index contributed by atoms with van der Waals surface area (Å²) in [6.07, 6.45) is 0. The van der Waals surface area contributed by atoms with E-state index in [2.05, 4.69) is 9.47 Å². The minimum absolute atomic E-state index is 0.355. The Kier molecular flexibility index (Phi) is 5.25. The maximum absolute atomic E-state index is 11.5. The van der Waals surface area contributed by atoms with Gasteiger partial charge in [-0.1, -0.05) is 19.1 Å². The van der Waals surface area contributed by atoms with Crippen molar-refractivity contribution >= 4 is 17.9 Å². The molecule has 6 heteroatoms. The van der Waals surface area contributed by atoms with Gasteiger partial charge < -0.3 is 14.6 Å². The molecular weight excluding hydrogens is 264 g/mol. The van der Waals surface area contributed by atoms with Gasteiger partial charge in [-0.3, -0.25) is 9.59 Å². The lowest BCUT2D eigenvalue weighted by Gasteiger charge is -2.18. The third kappa shape index (κ3) is 3.34. The van der Waals surface area contributed by atoms with Crippen LogP contribution in [0.2, 0.25) is 0 Å². The van der Waals surface area contributed by atoms with E-state index >= 15 is 0 Å². The average Bonchev–Trinajstić information content (AvgIpc) is 2.46. The molecule has 0 aromatic heterocycles. The van der Waals surface area contributed by atoms with E-state index < -0.39 is 29.7 Å². The van der Waals surface area contributed by atoms with Gasteiger partial charge in [0.1, 0.15) is 0 Å². The molecule has 0 spiro atoms. The molecule has 20 heavy (non-hydrogen) atoms. The van der Waals surface area contributed by atoms with Crippen molar-refractivity contribution in [1.82, 2.24) is 0 Å². The highest BCUT2D eigenvalue weighted by Gasteiger charge is 2.34. The van der Waals surface area contributed by atoms with Gasteiger partial charge in [0, 0.05) is 5.92 Å². The van der Waals surface area contributed by atoms with Crippen molar-refractivity contribution in [3.63, 3.8) is 0 Å². The molecule has 0 aliphatic rings. The first-order valence-electron chi connectivity index (χ1n) is 5.91. The van der Waals surface area contributed by atoms with Crippen LogP contribution < -0.4 is 0 Å². The van der Waals surface area contributed by atoms with Gasteiger partial charge in [-0.15, -0.1) is 0 Å². The number of carbonyl (C=O) groups is 3. The second kappa shape index (κ2) is 6.70. The van der Waals surface area contributed by atoms with Crippen molar-refractivity contribution in [2.45, 2.75) is 12.8 Å². The summed E-state index contributed by atoms with van der Waals surface area (Å²) < 4.78 is 9.07. The number of methoxy groups -OCH3 is 2. The van der Waals surface area contributed by atoms with Crippen LogP contribution in [0.3, 0.4) is 0 Å². The standard InChI is InChI=1S/C14H16O6/c1-8(11(12(15)16)14(18)20-3)9-4-6-10(7-5-9)13(17)19-2/h4-8,11H,1-3H3,(H,15,16)/t8-,11?/m0/s1. The molecule has 0 aliphatic heterocycles. The normalized spacial score (nSPS) is 13.2. The van der Waals surface area contributed by atoms with E-state index in [0.29, 0.717) is 11.1 Å². The molecule has 1 aromatic rings. The molecule has 108 valence electrons. The van der Waals surface area contributed by atoms with Crippen LogP contribution in [-0.2, 0) is 19.1 Å². The highest BCUT2D eigenvalue weighted by atomic mass is 16.5. The van der Waals surface area contributed by atoms with Gasteiger partial charge in [-0.2, -0.15) is 0 Å². The zero-order chi connectivity index (χ0) is 15.3. The Morgan fingerprint density at radius 3 is 2.00 bits per heavy atom. The summed E-state index contributed by atoms with van der Waals surface area (Å²) in [6.45, 7) is 1.61. The van der Waals surface area contributed by atoms with E-state index in [0.717, 1.165) is 7.11 Å². The first kappa shape index (κ1) is 15.7. The molecule has 0 saturated heterocycles. The van der Waals surface area contributed by atoms with Crippen LogP contribution in [0, 0.1) is 5.92 Å². The second-order valence-electron chi connectivity index (χ2n) is 4.24. The molecule has 0 fully saturated rings. The lowest BCUT2D eigenvalue weighted by atomic mass is 9.87. The van der Waals surface area contributed by atoms with Crippen LogP contribution in [-0.4, -0.2) is 37.2 Å². The van der Waals surface area contributed by atoms with Crippen molar-refractivity contribution in [2.24, 2.45) is 5.92 Å². The largest absolute Gasteiger partial charge is 0.481 e. The van der Waals surface area contributed by atoms with Crippen LogP contribution in [0.1, 0.15) is 28.8 Å². The van der Waals surface area contributed by atoms with Crippen molar-refractivity contribution in [2.75, 3.05) is 14.2 Å². The van der Waals surface area contributed by atoms with E-state index in [1.54, 1.807) is 19.1 Å². The summed E-state index contributed by atoms with van der Waals surface area (Å²) in [5.74, 6) is -4.40. The van der Waals surface area contributed by atoms with Crippen molar-refractivity contribution < 1.29 is 29.0 Å². The summed E-state index contributed by atoms with van der Waals surface area (Å²) >= 11 is 0. The predicted molar refractivity (Wildman–Crippen MR) is 69.3 cm³/mol. The quantitative estimate of drug-likeness (QED) is 0.648. The maximum Gasteiger partial charge on any atom is 0.337 e. The summed E-state index contributed by atoms with van der Waals surface area (Å²) in [5.41, 5.74) is 0.976. The monoisotopic (exact) mass is 280 g/mol. The maximum atomic E-state index is 11.5. The first-order chi connectivity index (χ1) is 9.42. The van der Waals surface area contributed by atoms with Gasteiger partial charge >= 0.3 is 17.9 Å². The van der Waals surface area contributed by atoms with Gasteiger partial charge in [0.2, 0.25) is 0 Å². The van der Waals surface area contributed by atoms with Crippen LogP contribution in [0.5, 0.6) is 0 Å². The molecule has 6 nitrogen and oxygen atoms in total. The van der Waals surface area contributed by atoms with Crippen LogP contribution in [0.4, 0.5) is 0 Å². The van der Waals surface area contributed by atoms with Crippen LogP contribution >= 0.6 is 0 Å². The van der Waals surface area contributed by atoms with Crippen molar-refractivity contribution in [3.05, 3.63) is 35.4 Å². The predicted octanol–water partition coefficient (Wildman–Crippen LogP) is 1.45. The third-order valence-corrected chi connectivity index (χ3v) is 3.08. The Hall–Kier alpha value is -2.37. The minimum atomic E-state index is -1.29. The molecule has 0 radical (unpaired) electrons. The smallest absolute Gasteiger partial charge is 0.337 e. The molecule has 0 amide bonds. The Bertz CT molecular complexity index is 505. The summed E-state index contributed by atoms with van der Waals surface area (Å²) in [5, 5.41) is 9.11. The first-order valence-corrected chi connectivity index (χ1v) is 5.91. The van der Waals surface area contributed by atoms with E-state index in [4.69, 9.17) is 5.11 Å². The fourth-order valence-electron chi connectivity index (χ4n) is 1.88. The number of esters is 2. The van der Waals surface area contributed by atoms with E-state index in [-0.39, 0.29) is 0 Å². The number of hydrogen-bond donors (Lipinski definition) is 1. The second-order valence-corrected chi connectivity index (χ2v) is 4.24. The van der Waals surface area contributed by atoms with Crippen LogP contribution in [0.15, 0.2) is 24.3 Å². The molecule has 0 saturated carbocycles. The fourth-order valence-corrected chi connectivity index (χ4v) is 1.88. The van der Waals surface area contributed by atoms with E-state index in [1.165, 1.54) is 19.2 Å². The SMILES string of the molecule is COC(=O)c1ccc([C@H](C)C(C(=O)O)C(=O)OC)cc1. The van der Waals surface area contributed by atoms with Crippen LogP contribution in [0.25, 0.3) is 0 Å². The van der Waals surface area contributed by atoms with Gasteiger partial charge in [0.15, 0.2) is 5.92 Å². The number of carbonyl (C=O) groups excluding carboxylic acids is 2. The number of hydrogen-bond acceptors (Lipinski definition) is 5. The molecular formula is C14H16O6. The Balaban J connectivity index is 3.01. The van der Waals surface area contributed by atoms with Crippen molar-refractivity contribution in [1.29, 1.82) is 0 Å². The van der Waals surface area contributed by atoms with Gasteiger partial charge in [0.25, 0.3) is 0 Å². The third-order valence-electron chi connectivity index (χ3n) is 3.08. The number of carboxylic acids is 1. The topological polar surface area (TPSA) is 89.9 Å². The Morgan fingerprint density at radius 2 is 1.60 bits per heavy atom. The van der Waals surface area contributed by atoms with E-state index in [1.807, 2.05) is 0 Å². The summed E-state index contributed by atoms with van der Waals surface area (Å²) in [6, 6.07) is 6.23. The number of rotatable bonds is 5. The zero-order valence-electron chi connectivity index (χ0n) is 11.5. The minimum Gasteiger partial charge on any atom is -0.481 e. The summed E-state index contributed by atoms with van der Waals surface area (Å²) in [4.78, 5) is 34.0. The lowest BCUT2D eigenvalue weighted by molar-refractivity contribution is -0.157. The van der Waals surface area contributed by atoms with Gasteiger partial charge in [0.05, 0.1) is 19.8 Å². The fraction of sp³-hybridized carbons (Fsp3) is 0.357. The number of ether oxygens (including phenoxy) is 2. The molecule has 1 rings (SSSR count). The van der Waals surface area contributed by atoms with Crippen molar-refractivity contribution in [3.8, 4) is 0 Å². The summed E-state index contributed by atoms with van der Waals surface area (Å²) in [7, 11) is 2.42. The number of benzene rings is 1. The Labute approximate surface area is 116 Å². The average molecular weight is 280 g/mol.